The van der Waals surface area contributed by atoms with E-state index in [2.05, 4.69) is 20.4 Å². The third-order valence-electron chi connectivity index (χ3n) is 5.46. The maximum absolute atomic E-state index is 13.3. The molecule has 0 radical (unpaired) electrons. The van der Waals surface area contributed by atoms with Crippen LogP contribution >= 0.6 is 58.6 Å². The van der Waals surface area contributed by atoms with Crippen LogP contribution in [0.4, 0.5) is 5.13 Å². The molecule has 2 atom stereocenters. The molecule has 0 unspecified atom stereocenters. The summed E-state index contributed by atoms with van der Waals surface area (Å²) in [5, 5.41) is 9.38. The van der Waals surface area contributed by atoms with Gasteiger partial charge >= 0.3 is 11.9 Å². The van der Waals surface area contributed by atoms with E-state index in [1.165, 1.54) is 46.9 Å². The summed E-state index contributed by atoms with van der Waals surface area (Å²) in [5.74, 6) is -2.23. The zero-order valence-corrected chi connectivity index (χ0v) is 26.8. The van der Waals surface area contributed by atoms with Gasteiger partial charge in [0.1, 0.15) is 29.9 Å². The maximum atomic E-state index is 13.3. The Morgan fingerprint density at radius 2 is 2.05 bits per heavy atom. The molecule has 2 aliphatic heterocycles. The summed E-state index contributed by atoms with van der Waals surface area (Å²) in [4.78, 5) is 67.3. The predicted molar refractivity (Wildman–Crippen MR) is 165 cm³/mol. The van der Waals surface area contributed by atoms with Crippen LogP contribution in [0.15, 0.2) is 38.3 Å². The number of ether oxygens (including phenoxy) is 2. The zero-order valence-electron chi connectivity index (χ0n) is 22.7. The van der Waals surface area contributed by atoms with Crippen molar-refractivity contribution in [2.24, 2.45) is 10.6 Å². The van der Waals surface area contributed by atoms with Gasteiger partial charge in [-0.2, -0.15) is 0 Å². The van der Waals surface area contributed by atoms with E-state index in [1.807, 2.05) is 6.08 Å². The fourth-order valence-electron chi connectivity index (χ4n) is 3.49. The Bertz CT molecular complexity index is 1420. The van der Waals surface area contributed by atoms with Crippen LogP contribution in [0.3, 0.4) is 0 Å². The standard InChI is InChI=1S/C24H26N6O7S4.ClH/c1-24(2,3)22(34)37-11-36-21(33)17-14(38-6-5-12-7-26-10-41-12)9-39-20-16(19(32)30(17)20)28-18(31)15(29-35-4)13-8-40-23(25)27-13;/h5-8,10,16,20H,9,11H2,1-4H3,(H2,25,27)(H,28,31);1H/b6-5-,29-15-;/t16-,20-;/m1./s1. The summed E-state index contributed by atoms with van der Waals surface area (Å²) in [6, 6.07) is -0.952. The fraction of sp³-hybridized carbons (Fsp3) is 0.375. The average Bonchev–Trinajstić information content (AvgIpc) is 3.61. The molecule has 4 heterocycles. The van der Waals surface area contributed by atoms with Gasteiger partial charge < -0.3 is 25.4 Å². The van der Waals surface area contributed by atoms with Gasteiger partial charge in [0.2, 0.25) is 6.79 Å². The quantitative estimate of drug-likeness (QED) is 0.124. The van der Waals surface area contributed by atoms with Gasteiger partial charge in [0, 0.05) is 27.1 Å². The molecule has 0 spiro atoms. The lowest BCUT2D eigenvalue weighted by molar-refractivity contribution is -0.173. The van der Waals surface area contributed by atoms with E-state index in [-0.39, 0.29) is 34.6 Å². The Labute approximate surface area is 263 Å². The molecule has 2 aromatic heterocycles. The molecule has 1 fully saturated rings. The van der Waals surface area contributed by atoms with Crippen molar-refractivity contribution in [3.8, 4) is 0 Å². The van der Waals surface area contributed by atoms with Crippen molar-refractivity contribution in [1.82, 2.24) is 20.2 Å². The van der Waals surface area contributed by atoms with Gasteiger partial charge in [-0.15, -0.1) is 46.8 Å². The lowest BCUT2D eigenvalue weighted by Crippen LogP contribution is -2.71. The van der Waals surface area contributed by atoms with Crippen molar-refractivity contribution in [2.75, 3.05) is 25.4 Å². The summed E-state index contributed by atoms with van der Waals surface area (Å²) >= 11 is 5.20. The fourth-order valence-corrected chi connectivity index (χ4v) is 6.97. The lowest BCUT2D eigenvalue weighted by Gasteiger charge is -2.49. The van der Waals surface area contributed by atoms with Crippen LogP contribution in [0.25, 0.3) is 6.08 Å². The molecule has 2 aliphatic rings. The Morgan fingerprint density at radius 3 is 2.67 bits per heavy atom. The Balaban J connectivity index is 0.00000484. The number of amides is 2. The molecule has 18 heteroatoms. The minimum Gasteiger partial charge on any atom is -0.427 e. The molecule has 1 saturated heterocycles. The van der Waals surface area contributed by atoms with Crippen LogP contribution < -0.4 is 11.1 Å². The first kappa shape index (κ1) is 33.4. The number of nitrogens with one attached hydrogen (secondary N) is 1. The van der Waals surface area contributed by atoms with Crippen molar-refractivity contribution < 1.29 is 33.5 Å². The molecule has 2 aromatic rings. The number of carbonyl (C=O) groups is 4. The number of nitrogens with two attached hydrogens (primary N) is 1. The number of oxime groups is 1. The number of thiazole rings is 2. The van der Waals surface area contributed by atoms with Crippen LogP contribution in [-0.4, -0.2) is 75.4 Å². The SMILES string of the molecule is CO/N=C(\C(=O)N[C@@H]1C(=O)N2C(C(=O)OCOC(=O)C(C)(C)C)=C(S/C=C\c3cncs3)CS[C@H]12)c1csc(N)n1.Cl. The topological polar surface area (TPSA) is 175 Å². The number of carbonyl (C=O) groups excluding carboxylic acids is 4. The van der Waals surface area contributed by atoms with E-state index in [1.54, 1.807) is 43.3 Å². The number of hydrogen-bond acceptors (Lipinski definition) is 15. The highest BCUT2D eigenvalue weighted by molar-refractivity contribution is 8.08. The number of nitrogen functional groups attached to an aromatic ring is 1. The van der Waals surface area contributed by atoms with Gasteiger partial charge in [0.05, 0.1) is 10.9 Å². The molecule has 0 aliphatic carbocycles. The summed E-state index contributed by atoms with van der Waals surface area (Å²) < 4.78 is 10.3. The van der Waals surface area contributed by atoms with Crippen LogP contribution in [0.5, 0.6) is 0 Å². The van der Waals surface area contributed by atoms with E-state index >= 15 is 0 Å². The Kier molecular flexibility index (Phi) is 11.4. The molecule has 0 bridgehead atoms. The van der Waals surface area contributed by atoms with E-state index in [0.717, 1.165) is 16.2 Å². The molecular weight excluding hydrogens is 648 g/mol. The zero-order chi connectivity index (χ0) is 29.7. The summed E-state index contributed by atoms with van der Waals surface area (Å²) in [5.41, 5.74) is 6.68. The second kappa shape index (κ2) is 14.4. The predicted octanol–water partition coefficient (Wildman–Crippen LogP) is 3.06. The van der Waals surface area contributed by atoms with Crippen LogP contribution in [0, 0.1) is 5.41 Å². The highest BCUT2D eigenvalue weighted by Gasteiger charge is 2.55. The van der Waals surface area contributed by atoms with Crippen molar-refractivity contribution in [1.29, 1.82) is 0 Å². The number of halogens is 1. The molecule has 13 nitrogen and oxygen atoms in total. The smallest absolute Gasteiger partial charge is 0.358 e. The molecule has 2 amide bonds. The van der Waals surface area contributed by atoms with E-state index < -0.39 is 47.4 Å². The number of fused-ring (bicyclic) bond motifs is 1. The molecule has 226 valence electrons. The minimum absolute atomic E-state index is 0. The molecular formula is C24H27ClN6O7S4. The summed E-state index contributed by atoms with van der Waals surface area (Å²) in [7, 11) is 1.28. The van der Waals surface area contributed by atoms with Crippen molar-refractivity contribution in [3.05, 3.63) is 43.7 Å². The molecule has 4 rings (SSSR count). The van der Waals surface area contributed by atoms with Crippen molar-refractivity contribution >= 4 is 99.3 Å². The summed E-state index contributed by atoms with van der Waals surface area (Å²) in [6.07, 6.45) is 3.54. The van der Waals surface area contributed by atoms with Gasteiger partial charge in [-0.05, 0) is 32.3 Å². The normalized spacial score (nSPS) is 18.6. The molecule has 3 N–H and O–H groups in total. The minimum atomic E-state index is -0.952. The number of β-lactam (4-membered cyclic amide) rings is 1. The first-order valence-electron chi connectivity index (χ1n) is 11.9. The number of thioether (sulfide) groups is 2. The highest BCUT2D eigenvalue weighted by Crippen LogP contribution is 2.44. The number of rotatable bonds is 10. The van der Waals surface area contributed by atoms with Crippen LogP contribution in [0.2, 0.25) is 0 Å². The third-order valence-corrected chi connectivity index (χ3v) is 9.23. The third kappa shape index (κ3) is 7.63. The molecule has 0 aromatic carbocycles. The number of esters is 2. The van der Waals surface area contributed by atoms with Gasteiger partial charge in [0.15, 0.2) is 10.8 Å². The number of aromatic nitrogens is 2. The maximum Gasteiger partial charge on any atom is 0.358 e. The number of nitrogens with zero attached hydrogens (tertiary/aromatic N) is 4. The number of hydrogen-bond donors (Lipinski definition) is 2. The van der Waals surface area contributed by atoms with Crippen LogP contribution in [0.1, 0.15) is 31.3 Å². The Morgan fingerprint density at radius 1 is 1.29 bits per heavy atom. The van der Waals surface area contributed by atoms with Gasteiger partial charge in [-0.3, -0.25) is 24.3 Å². The van der Waals surface area contributed by atoms with E-state index in [0.29, 0.717) is 10.7 Å². The van der Waals surface area contributed by atoms with Crippen LogP contribution in [-0.2, 0) is 33.5 Å². The highest BCUT2D eigenvalue weighted by atomic mass is 35.5. The van der Waals surface area contributed by atoms with Crippen molar-refractivity contribution in [3.63, 3.8) is 0 Å². The largest absolute Gasteiger partial charge is 0.427 e. The Hall–Kier alpha value is -3.12. The van der Waals surface area contributed by atoms with Gasteiger partial charge in [0.25, 0.3) is 11.8 Å². The van der Waals surface area contributed by atoms with Crippen molar-refractivity contribution in [2.45, 2.75) is 32.2 Å². The second-order valence-corrected chi connectivity index (χ2v) is 13.3. The van der Waals surface area contributed by atoms with Gasteiger partial charge in [-0.25, -0.2) is 9.78 Å². The molecule has 42 heavy (non-hydrogen) atoms. The van der Waals surface area contributed by atoms with E-state index in [4.69, 9.17) is 20.0 Å². The first-order chi connectivity index (χ1) is 19.5. The molecule has 0 saturated carbocycles. The van der Waals surface area contributed by atoms with E-state index in [9.17, 15) is 19.2 Å². The average molecular weight is 675 g/mol. The summed E-state index contributed by atoms with van der Waals surface area (Å²) in [6.45, 7) is 4.41. The lowest BCUT2D eigenvalue weighted by atomic mass is 9.98. The number of anilines is 1. The van der Waals surface area contributed by atoms with Gasteiger partial charge in [-0.1, -0.05) is 16.9 Å². The second-order valence-electron chi connectivity index (χ2n) is 9.38. The first-order valence-corrected chi connectivity index (χ1v) is 15.6. The monoisotopic (exact) mass is 674 g/mol.